The fourth-order valence-corrected chi connectivity index (χ4v) is 2.56. The highest BCUT2D eigenvalue weighted by atomic mass is 19.1. The average Bonchev–Trinajstić information content (AvgIpc) is 2.71. The van der Waals surface area contributed by atoms with Gasteiger partial charge < -0.3 is 14.8 Å². The van der Waals surface area contributed by atoms with Gasteiger partial charge in [-0.05, 0) is 30.2 Å². The molecule has 0 aliphatic carbocycles. The third kappa shape index (κ3) is 5.49. The summed E-state index contributed by atoms with van der Waals surface area (Å²) in [7, 11) is 1.46. The molecule has 28 heavy (non-hydrogen) atoms. The Morgan fingerprint density at radius 3 is 2.57 bits per heavy atom. The van der Waals surface area contributed by atoms with Crippen LogP contribution in [0.25, 0.3) is 0 Å². The Balaban J connectivity index is 2.04. The number of nitriles is 1. The van der Waals surface area contributed by atoms with Crippen LogP contribution in [0.5, 0.6) is 11.5 Å². The molecule has 0 heterocycles. The first-order valence-electron chi connectivity index (χ1n) is 8.62. The summed E-state index contributed by atoms with van der Waals surface area (Å²) >= 11 is 0. The number of nitrogens with zero attached hydrogens (tertiary/aromatic N) is 1. The van der Waals surface area contributed by atoms with Gasteiger partial charge in [0, 0.05) is 6.42 Å². The zero-order chi connectivity index (χ0) is 20.5. The van der Waals surface area contributed by atoms with E-state index < -0.39 is 18.1 Å². The number of ether oxygens (including phenoxy) is 2. The average molecular weight is 380 g/mol. The molecule has 0 spiro atoms. The SMILES string of the molecule is C#CCOc1ccc(CC(F)C(=O)NC(C#N)c2ccc(C)cc2)cc1OC. The van der Waals surface area contributed by atoms with Crippen LogP contribution in [0.1, 0.15) is 22.7 Å². The Morgan fingerprint density at radius 1 is 1.25 bits per heavy atom. The molecule has 1 N–H and O–H groups in total. The second-order valence-corrected chi connectivity index (χ2v) is 6.13. The molecule has 144 valence electrons. The minimum absolute atomic E-state index is 0.0818. The second-order valence-electron chi connectivity index (χ2n) is 6.13. The Labute approximate surface area is 164 Å². The smallest absolute Gasteiger partial charge is 0.256 e. The highest BCUT2D eigenvalue weighted by Crippen LogP contribution is 2.28. The number of carbonyl (C=O) groups is 1. The first kappa shape index (κ1) is 20.8. The van der Waals surface area contributed by atoms with Crippen molar-refractivity contribution in [3.8, 4) is 29.9 Å². The molecule has 0 aromatic heterocycles. The molecule has 0 aliphatic heterocycles. The molecule has 0 radical (unpaired) electrons. The largest absolute Gasteiger partial charge is 0.493 e. The maximum atomic E-state index is 14.5. The Morgan fingerprint density at radius 2 is 1.96 bits per heavy atom. The molecule has 0 bridgehead atoms. The minimum atomic E-state index is -1.82. The Hall–Kier alpha value is -3.51. The van der Waals surface area contributed by atoms with Crippen molar-refractivity contribution >= 4 is 5.91 Å². The van der Waals surface area contributed by atoms with Gasteiger partial charge in [-0.1, -0.05) is 41.8 Å². The second kappa shape index (κ2) is 9.99. The zero-order valence-electron chi connectivity index (χ0n) is 15.7. The Kier molecular flexibility index (Phi) is 7.42. The number of alkyl halides is 1. The first-order chi connectivity index (χ1) is 13.5. The van der Waals surface area contributed by atoms with E-state index in [2.05, 4.69) is 11.2 Å². The number of benzene rings is 2. The van der Waals surface area contributed by atoms with Crippen LogP contribution in [0.15, 0.2) is 42.5 Å². The van der Waals surface area contributed by atoms with E-state index >= 15 is 0 Å². The summed E-state index contributed by atoms with van der Waals surface area (Å²) in [6.07, 6.45) is 3.19. The fraction of sp³-hybridized carbons (Fsp3) is 0.273. The van der Waals surface area contributed by atoms with Crippen LogP contribution in [0.4, 0.5) is 4.39 Å². The van der Waals surface area contributed by atoms with E-state index in [9.17, 15) is 14.4 Å². The van der Waals surface area contributed by atoms with E-state index in [1.54, 1.807) is 30.3 Å². The highest BCUT2D eigenvalue weighted by molar-refractivity contribution is 5.81. The van der Waals surface area contributed by atoms with Gasteiger partial charge in [-0.25, -0.2) is 4.39 Å². The molecular weight excluding hydrogens is 359 g/mol. The van der Waals surface area contributed by atoms with Gasteiger partial charge in [0.1, 0.15) is 12.6 Å². The van der Waals surface area contributed by atoms with Gasteiger partial charge in [0.2, 0.25) is 0 Å². The molecule has 0 fully saturated rings. The number of terminal acetylenes is 1. The molecule has 1 amide bonds. The summed E-state index contributed by atoms with van der Waals surface area (Å²) in [6, 6.07) is 13.0. The van der Waals surface area contributed by atoms with Gasteiger partial charge in [0.25, 0.3) is 5.91 Å². The van der Waals surface area contributed by atoms with Crippen molar-refractivity contribution in [3.63, 3.8) is 0 Å². The van der Waals surface area contributed by atoms with Crippen LogP contribution in [0, 0.1) is 30.6 Å². The first-order valence-corrected chi connectivity index (χ1v) is 8.62. The minimum Gasteiger partial charge on any atom is -0.493 e. The fourth-order valence-electron chi connectivity index (χ4n) is 2.56. The lowest BCUT2D eigenvalue weighted by Crippen LogP contribution is -2.35. The number of rotatable bonds is 8. The topological polar surface area (TPSA) is 71.3 Å². The summed E-state index contributed by atoms with van der Waals surface area (Å²) in [4.78, 5) is 12.2. The molecule has 5 nitrogen and oxygen atoms in total. The van der Waals surface area contributed by atoms with Crippen LogP contribution in [-0.2, 0) is 11.2 Å². The van der Waals surface area contributed by atoms with E-state index in [1.807, 2.05) is 25.1 Å². The van der Waals surface area contributed by atoms with Gasteiger partial charge in [0.15, 0.2) is 17.7 Å². The number of amides is 1. The molecule has 0 saturated heterocycles. The van der Waals surface area contributed by atoms with Gasteiger partial charge in [-0.3, -0.25) is 4.79 Å². The lowest BCUT2D eigenvalue weighted by atomic mass is 10.0. The van der Waals surface area contributed by atoms with Crippen molar-refractivity contribution < 1.29 is 18.7 Å². The van der Waals surface area contributed by atoms with Crippen molar-refractivity contribution in [2.24, 2.45) is 0 Å². The van der Waals surface area contributed by atoms with Gasteiger partial charge >= 0.3 is 0 Å². The predicted octanol–water partition coefficient (Wildman–Crippen LogP) is 3.28. The van der Waals surface area contributed by atoms with Crippen molar-refractivity contribution in [1.29, 1.82) is 5.26 Å². The van der Waals surface area contributed by atoms with E-state index in [1.165, 1.54) is 7.11 Å². The molecule has 2 atom stereocenters. The number of methoxy groups -OCH3 is 1. The lowest BCUT2D eigenvalue weighted by Gasteiger charge is -2.15. The Bertz CT molecular complexity index is 897. The normalized spacial score (nSPS) is 12.2. The van der Waals surface area contributed by atoms with Gasteiger partial charge in [-0.2, -0.15) is 5.26 Å². The molecule has 2 aromatic carbocycles. The third-order valence-corrected chi connectivity index (χ3v) is 4.06. The maximum Gasteiger partial charge on any atom is 0.256 e. The molecule has 0 aliphatic rings. The number of hydrogen-bond donors (Lipinski definition) is 1. The lowest BCUT2D eigenvalue weighted by molar-refractivity contribution is -0.126. The van der Waals surface area contributed by atoms with E-state index in [0.717, 1.165) is 5.56 Å². The predicted molar refractivity (Wildman–Crippen MR) is 104 cm³/mol. The number of halogens is 1. The monoisotopic (exact) mass is 380 g/mol. The van der Waals surface area contributed by atoms with Crippen LogP contribution in [-0.4, -0.2) is 25.8 Å². The van der Waals surface area contributed by atoms with Crippen molar-refractivity contribution in [2.75, 3.05) is 13.7 Å². The van der Waals surface area contributed by atoms with Gasteiger partial charge in [0.05, 0.1) is 13.2 Å². The number of nitrogens with one attached hydrogen (secondary N) is 1. The number of hydrogen-bond acceptors (Lipinski definition) is 4. The van der Waals surface area contributed by atoms with Crippen molar-refractivity contribution in [3.05, 3.63) is 59.2 Å². The molecule has 2 unspecified atom stereocenters. The van der Waals surface area contributed by atoms with Crippen LogP contribution >= 0.6 is 0 Å². The number of carbonyl (C=O) groups excluding carboxylic acids is 1. The van der Waals surface area contributed by atoms with Crippen LogP contribution < -0.4 is 14.8 Å². The van der Waals surface area contributed by atoms with Gasteiger partial charge in [-0.15, -0.1) is 6.42 Å². The van der Waals surface area contributed by atoms with Crippen molar-refractivity contribution in [1.82, 2.24) is 5.32 Å². The molecule has 6 heteroatoms. The quantitative estimate of drug-likeness (QED) is 0.714. The summed E-state index contributed by atoms with van der Waals surface area (Å²) in [5.74, 6) is 2.34. The number of aryl methyl sites for hydroxylation is 1. The maximum absolute atomic E-state index is 14.5. The van der Waals surface area contributed by atoms with E-state index in [-0.39, 0.29) is 13.0 Å². The highest BCUT2D eigenvalue weighted by Gasteiger charge is 2.22. The molecular formula is C22H21FN2O3. The van der Waals surface area contributed by atoms with E-state index in [0.29, 0.717) is 22.6 Å². The third-order valence-electron chi connectivity index (χ3n) is 4.06. The van der Waals surface area contributed by atoms with Crippen molar-refractivity contribution in [2.45, 2.75) is 25.6 Å². The summed E-state index contributed by atoms with van der Waals surface area (Å²) in [5.41, 5.74) is 2.18. The summed E-state index contributed by atoms with van der Waals surface area (Å²) < 4.78 is 25.0. The summed E-state index contributed by atoms with van der Waals surface area (Å²) in [6.45, 7) is 2.00. The molecule has 2 rings (SSSR count). The molecule has 2 aromatic rings. The van der Waals surface area contributed by atoms with Crippen LogP contribution in [0.3, 0.4) is 0 Å². The van der Waals surface area contributed by atoms with E-state index in [4.69, 9.17) is 15.9 Å². The molecule has 0 saturated carbocycles. The zero-order valence-corrected chi connectivity index (χ0v) is 15.7. The van der Waals surface area contributed by atoms with Crippen LogP contribution in [0.2, 0.25) is 0 Å². The standard InChI is InChI=1S/C22H21FN2O3/c1-4-11-28-20-10-7-16(13-21(20)27-3)12-18(23)22(26)25-19(14-24)17-8-5-15(2)6-9-17/h1,5-10,13,18-19H,11-12H2,2-3H3,(H,25,26). The summed E-state index contributed by atoms with van der Waals surface area (Å²) in [5, 5.41) is 11.7.